The second-order valence-electron chi connectivity index (χ2n) is 6.87. The number of aryl methyl sites for hydroxylation is 2. The number of aromatic nitrogens is 2. The number of hydrogen-bond acceptors (Lipinski definition) is 2. The lowest BCUT2D eigenvalue weighted by molar-refractivity contribution is -0.720. The van der Waals surface area contributed by atoms with Crippen LogP contribution in [0.3, 0.4) is 0 Å². The van der Waals surface area contributed by atoms with Gasteiger partial charge in [0.2, 0.25) is 5.69 Å². The number of hydrogen-bond donors (Lipinski definition) is 0. The van der Waals surface area contributed by atoms with Gasteiger partial charge in [-0.15, -0.1) is 0 Å². The van der Waals surface area contributed by atoms with Crippen molar-refractivity contribution in [1.82, 2.24) is 5.10 Å². The van der Waals surface area contributed by atoms with E-state index >= 15 is 0 Å². The van der Waals surface area contributed by atoms with E-state index in [4.69, 9.17) is 4.42 Å². The summed E-state index contributed by atoms with van der Waals surface area (Å²) in [5.74, 6) is 0. The molecule has 3 heteroatoms. The largest absolute Gasteiger partial charge is 0.456 e. The average molecular weight is 351 g/mol. The van der Waals surface area contributed by atoms with Gasteiger partial charge in [0.1, 0.15) is 11.2 Å². The second-order valence-corrected chi connectivity index (χ2v) is 6.87. The first-order valence-corrected chi connectivity index (χ1v) is 9.05. The fraction of sp³-hybridized carbons (Fsp3) is 0.0833. The highest BCUT2D eigenvalue weighted by molar-refractivity contribution is 6.05. The zero-order valence-electron chi connectivity index (χ0n) is 15.3. The predicted octanol–water partition coefficient (Wildman–Crippen LogP) is 5.45. The van der Waals surface area contributed by atoms with Gasteiger partial charge in [-0.2, -0.15) is 0 Å². The lowest BCUT2D eigenvalue weighted by Gasteiger charge is -2.07. The highest BCUT2D eigenvalue weighted by Crippen LogP contribution is 2.33. The number of rotatable bonds is 2. The Morgan fingerprint density at radius 1 is 0.778 bits per heavy atom. The van der Waals surface area contributed by atoms with Crippen LogP contribution < -0.4 is 4.68 Å². The van der Waals surface area contributed by atoms with Gasteiger partial charge in [-0.25, -0.2) is 0 Å². The van der Waals surface area contributed by atoms with Gasteiger partial charge in [0.05, 0.1) is 11.8 Å². The van der Waals surface area contributed by atoms with E-state index in [1.165, 1.54) is 16.7 Å². The molecule has 0 spiro atoms. The van der Waals surface area contributed by atoms with Gasteiger partial charge >= 0.3 is 0 Å². The van der Waals surface area contributed by atoms with E-state index in [0.717, 1.165) is 33.2 Å². The highest BCUT2D eigenvalue weighted by atomic mass is 16.3. The Hall–Kier alpha value is -3.46. The van der Waals surface area contributed by atoms with Crippen LogP contribution in [-0.2, 0) is 7.05 Å². The topological polar surface area (TPSA) is 29.9 Å². The zero-order chi connectivity index (χ0) is 18.4. The molecule has 130 valence electrons. The van der Waals surface area contributed by atoms with Gasteiger partial charge in [0.25, 0.3) is 0 Å². The molecule has 0 amide bonds. The summed E-state index contributed by atoms with van der Waals surface area (Å²) in [6.07, 6.45) is 1.80. The molecule has 0 aliphatic carbocycles. The Balaban J connectivity index is 1.61. The lowest BCUT2D eigenvalue weighted by Crippen LogP contribution is -2.35. The first-order chi connectivity index (χ1) is 13.2. The van der Waals surface area contributed by atoms with Gasteiger partial charge in [0.15, 0.2) is 7.05 Å². The molecule has 0 fully saturated rings. The van der Waals surface area contributed by atoms with E-state index in [0.29, 0.717) is 0 Å². The molecule has 5 rings (SSSR count). The molecule has 0 saturated heterocycles. The normalized spacial score (nSPS) is 11.3. The highest BCUT2D eigenvalue weighted by Gasteiger charge is 2.14. The van der Waals surface area contributed by atoms with Crippen molar-refractivity contribution in [2.24, 2.45) is 7.05 Å². The molecule has 3 nitrogen and oxygen atoms in total. The summed E-state index contributed by atoms with van der Waals surface area (Å²) >= 11 is 0. The molecule has 2 heterocycles. The molecule has 3 aromatic carbocycles. The van der Waals surface area contributed by atoms with Crippen molar-refractivity contribution in [2.75, 3.05) is 0 Å². The van der Waals surface area contributed by atoms with Crippen molar-refractivity contribution in [3.05, 3.63) is 84.6 Å². The van der Waals surface area contributed by atoms with E-state index in [2.05, 4.69) is 60.6 Å². The van der Waals surface area contributed by atoms with Crippen LogP contribution in [0.1, 0.15) is 5.56 Å². The molecule has 0 saturated carbocycles. The second kappa shape index (κ2) is 6.06. The van der Waals surface area contributed by atoms with Crippen LogP contribution >= 0.6 is 0 Å². The van der Waals surface area contributed by atoms with Crippen LogP contribution in [0.25, 0.3) is 44.3 Å². The van der Waals surface area contributed by atoms with Crippen LogP contribution in [-0.4, -0.2) is 5.10 Å². The fourth-order valence-electron chi connectivity index (χ4n) is 3.74. The van der Waals surface area contributed by atoms with Crippen LogP contribution in [0, 0.1) is 6.92 Å². The molecule has 27 heavy (non-hydrogen) atoms. The SMILES string of the molecule is Cc1cc(-c2ccc3c(c2)oc2ccccc23)ccc1-c1cccn[n+]1C. The molecular formula is C24H19N2O+. The van der Waals surface area contributed by atoms with E-state index in [1.807, 2.05) is 36.0 Å². The van der Waals surface area contributed by atoms with Crippen molar-refractivity contribution in [2.45, 2.75) is 6.92 Å². The molecule has 0 unspecified atom stereocenters. The van der Waals surface area contributed by atoms with Crippen LogP contribution in [0.2, 0.25) is 0 Å². The number of fused-ring (bicyclic) bond motifs is 3. The maximum Gasteiger partial charge on any atom is 0.239 e. The van der Waals surface area contributed by atoms with E-state index in [9.17, 15) is 0 Å². The van der Waals surface area contributed by atoms with Crippen molar-refractivity contribution < 1.29 is 9.10 Å². The summed E-state index contributed by atoms with van der Waals surface area (Å²) in [5.41, 5.74) is 7.72. The number of nitrogens with zero attached hydrogens (tertiary/aromatic N) is 2. The molecule has 0 aliphatic heterocycles. The van der Waals surface area contributed by atoms with Crippen LogP contribution in [0.5, 0.6) is 0 Å². The molecule has 0 aliphatic rings. The van der Waals surface area contributed by atoms with E-state index in [-0.39, 0.29) is 0 Å². The summed E-state index contributed by atoms with van der Waals surface area (Å²) in [7, 11) is 1.97. The Bertz CT molecular complexity index is 1300. The predicted molar refractivity (Wildman–Crippen MR) is 108 cm³/mol. The van der Waals surface area contributed by atoms with Crippen molar-refractivity contribution in [3.63, 3.8) is 0 Å². The molecule has 0 bridgehead atoms. The molecule has 2 aromatic heterocycles. The Morgan fingerprint density at radius 3 is 2.41 bits per heavy atom. The molecule has 5 aromatic rings. The third kappa shape index (κ3) is 2.59. The monoisotopic (exact) mass is 351 g/mol. The summed E-state index contributed by atoms with van der Waals surface area (Å²) < 4.78 is 7.95. The van der Waals surface area contributed by atoms with Crippen LogP contribution in [0.4, 0.5) is 0 Å². The van der Waals surface area contributed by atoms with Gasteiger partial charge < -0.3 is 4.42 Å². The average Bonchev–Trinajstić information content (AvgIpc) is 3.06. The van der Waals surface area contributed by atoms with Crippen molar-refractivity contribution in [1.29, 1.82) is 0 Å². The van der Waals surface area contributed by atoms with E-state index < -0.39 is 0 Å². The summed E-state index contributed by atoms with van der Waals surface area (Å²) in [4.78, 5) is 0. The minimum absolute atomic E-state index is 0.925. The smallest absolute Gasteiger partial charge is 0.239 e. The van der Waals surface area contributed by atoms with Crippen LogP contribution in [0.15, 0.2) is 83.4 Å². The maximum atomic E-state index is 6.04. The summed E-state index contributed by atoms with van der Waals surface area (Å²) in [6, 6.07) is 25.3. The Kier molecular flexibility index (Phi) is 3.54. The minimum Gasteiger partial charge on any atom is -0.456 e. The first kappa shape index (κ1) is 15.8. The quantitative estimate of drug-likeness (QED) is 0.396. The number of benzene rings is 3. The van der Waals surface area contributed by atoms with Gasteiger partial charge in [-0.1, -0.05) is 41.1 Å². The standard InChI is InChI=1S/C24H19N2O/c1-16-14-17(9-11-19(16)22-7-5-13-25-26(22)2)18-10-12-21-20-6-3-4-8-23(20)27-24(21)15-18/h3-15H,1-2H3/q+1. The van der Waals surface area contributed by atoms with E-state index in [1.54, 1.807) is 6.20 Å². The number of furan rings is 1. The Labute approximate surface area is 157 Å². The zero-order valence-corrected chi connectivity index (χ0v) is 15.3. The lowest BCUT2D eigenvalue weighted by atomic mass is 9.97. The summed E-state index contributed by atoms with van der Waals surface area (Å²) in [6.45, 7) is 2.14. The van der Waals surface area contributed by atoms with Gasteiger partial charge in [-0.3, -0.25) is 0 Å². The summed E-state index contributed by atoms with van der Waals surface area (Å²) in [5, 5.41) is 6.66. The fourth-order valence-corrected chi connectivity index (χ4v) is 3.74. The maximum absolute atomic E-state index is 6.04. The first-order valence-electron chi connectivity index (χ1n) is 9.05. The molecule has 0 radical (unpaired) electrons. The van der Waals surface area contributed by atoms with Crippen molar-refractivity contribution in [3.8, 4) is 22.4 Å². The molecule has 0 N–H and O–H groups in total. The van der Waals surface area contributed by atoms with Gasteiger partial charge in [-0.05, 0) is 59.0 Å². The minimum atomic E-state index is 0.925. The van der Waals surface area contributed by atoms with Gasteiger partial charge in [0, 0.05) is 16.8 Å². The molecule has 0 atom stereocenters. The molecular weight excluding hydrogens is 332 g/mol. The third-order valence-corrected chi connectivity index (χ3v) is 5.14. The third-order valence-electron chi connectivity index (χ3n) is 5.14. The van der Waals surface area contributed by atoms with Crippen molar-refractivity contribution >= 4 is 21.9 Å². The Morgan fingerprint density at radius 2 is 1.56 bits per heavy atom. The number of para-hydroxylation sites is 1.